The van der Waals surface area contributed by atoms with Crippen LogP contribution in [0.5, 0.6) is 0 Å². The highest BCUT2D eigenvalue weighted by molar-refractivity contribution is 7.24. The summed E-state index contributed by atoms with van der Waals surface area (Å²) in [6.45, 7) is 6.36. The van der Waals surface area contributed by atoms with E-state index in [4.69, 9.17) is 0 Å². The summed E-state index contributed by atoms with van der Waals surface area (Å²) in [4.78, 5) is 3.63. The zero-order valence-corrected chi connectivity index (χ0v) is 17.3. The zero-order valence-electron chi connectivity index (χ0n) is 16.5. The fourth-order valence-corrected chi connectivity index (χ4v) is 4.84. The number of allylic oxidation sites excluding steroid dienone is 2. The minimum atomic E-state index is 1.17. The molecule has 0 spiro atoms. The molecule has 0 unspecified atom stereocenters. The molecule has 1 radical (unpaired) electrons. The molecule has 0 bridgehead atoms. The highest BCUT2D eigenvalue weighted by Gasteiger charge is 2.14. The average Bonchev–Trinajstić information content (AvgIpc) is 3.13. The summed E-state index contributed by atoms with van der Waals surface area (Å²) in [5.74, 6) is 0. The second kappa shape index (κ2) is 8.08. The van der Waals surface area contributed by atoms with E-state index in [2.05, 4.69) is 118 Å². The maximum absolute atomic E-state index is 2.29. The molecule has 28 heavy (non-hydrogen) atoms. The normalized spacial score (nSPS) is 11.6. The topological polar surface area (TPSA) is 3.24 Å². The molecule has 4 rings (SSSR count). The third-order valence-electron chi connectivity index (χ3n) is 5.10. The highest BCUT2D eigenvalue weighted by atomic mass is 32.1. The number of nitrogens with zero attached hydrogens (tertiary/aromatic N) is 1. The Kier molecular flexibility index (Phi) is 5.36. The first-order chi connectivity index (χ1) is 13.7. The Hall–Kier alpha value is -2.78. The van der Waals surface area contributed by atoms with E-state index in [0.717, 1.165) is 0 Å². The molecule has 1 nitrogen and oxygen atoms in total. The van der Waals surface area contributed by atoms with E-state index in [0.29, 0.717) is 0 Å². The van der Waals surface area contributed by atoms with Gasteiger partial charge in [0.1, 0.15) is 0 Å². The van der Waals surface area contributed by atoms with Crippen LogP contribution in [0, 0.1) is 0 Å². The van der Waals surface area contributed by atoms with Crippen molar-refractivity contribution in [2.75, 3.05) is 4.90 Å². The Labute approximate surface area is 172 Å². The summed E-state index contributed by atoms with van der Waals surface area (Å²) in [5.41, 5.74) is 6.16. The number of anilines is 2. The van der Waals surface area contributed by atoms with Gasteiger partial charge in [-0.2, -0.15) is 0 Å². The van der Waals surface area contributed by atoms with Crippen molar-refractivity contribution in [3.8, 4) is 10.4 Å². The van der Waals surface area contributed by atoms with Crippen LogP contribution in [0.2, 0.25) is 6.82 Å². The fraction of sp³-hybridized carbons (Fsp3) is 0.120. The zero-order chi connectivity index (χ0) is 19.5. The summed E-state index contributed by atoms with van der Waals surface area (Å²) in [5, 5.41) is 1.34. The SMILES string of the molecule is C[B]c1c(-c2ccc(N(C(C)=CC)c3ccccc3)cc2)sc2ccccc12. The standard InChI is InChI=1S/C25H23BNS/c1-4-18(2)27(20-10-6-5-7-11-20)21-16-14-19(15-17-21)25-24(26-3)22-12-8-9-13-23(22)28-25/h4-17H,1-3H3. The maximum atomic E-state index is 2.29. The van der Waals surface area contributed by atoms with Gasteiger partial charge in [0, 0.05) is 26.6 Å². The number of thiophene rings is 1. The second-order valence-corrected chi connectivity index (χ2v) is 7.83. The molecule has 1 aromatic heterocycles. The van der Waals surface area contributed by atoms with Crippen LogP contribution in [0.4, 0.5) is 11.4 Å². The fourth-order valence-electron chi connectivity index (χ4n) is 3.59. The lowest BCUT2D eigenvalue weighted by molar-refractivity contribution is 1.15. The number of para-hydroxylation sites is 1. The Bertz CT molecular complexity index is 1110. The Balaban J connectivity index is 1.76. The molecule has 3 aromatic carbocycles. The highest BCUT2D eigenvalue weighted by Crippen LogP contribution is 2.34. The molecule has 0 amide bonds. The molecule has 0 fully saturated rings. The van der Waals surface area contributed by atoms with E-state index < -0.39 is 0 Å². The first kappa shape index (κ1) is 18.6. The summed E-state index contributed by atoms with van der Waals surface area (Å²) in [6, 6.07) is 28.1. The molecule has 0 saturated carbocycles. The summed E-state index contributed by atoms with van der Waals surface area (Å²) in [6.07, 6.45) is 2.15. The molecule has 0 atom stereocenters. The molecule has 0 aliphatic heterocycles. The minimum Gasteiger partial charge on any atom is -0.315 e. The first-order valence-corrected chi connectivity index (χ1v) is 10.4. The molecule has 0 saturated heterocycles. The van der Waals surface area contributed by atoms with E-state index in [-0.39, 0.29) is 0 Å². The molecular weight excluding hydrogens is 357 g/mol. The maximum Gasteiger partial charge on any atom is 0.151 e. The molecule has 0 aliphatic carbocycles. The van der Waals surface area contributed by atoms with E-state index in [9.17, 15) is 0 Å². The average molecular weight is 380 g/mol. The third kappa shape index (κ3) is 3.38. The molecule has 0 aliphatic rings. The van der Waals surface area contributed by atoms with Crippen molar-refractivity contribution in [3.05, 3.63) is 90.6 Å². The minimum absolute atomic E-state index is 1.17. The van der Waals surface area contributed by atoms with Crippen molar-refractivity contribution in [1.82, 2.24) is 0 Å². The number of benzene rings is 3. The molecule has 1 heterocycles. The predicted octanol–water partition coefficient (Wildman–Crippen LogP) is 7.01. The number of rotatable bonds is 5. The van der Waals surface area contributed by atoms with Crippen LogP contribution >= 0.6 is 11.3 Å². The van der Waals surface area contributed by atoms with Crippen LogP contribution in [0.15, 0.2) is 90.6 Å². The van der Waals surface area contributed by atoms with Crippen molar-refractivity contribution in [3.63, 3.8) is 0 Å². The van der Waals surface area contributed by atoms with E-state index in [1.54, 1.807) is 0 Å². The van der Waals surface area contributed by atoms with Gasteiger partial charge in [-0.25, -0.2) is 0 Å². The van der Waals surface area contributed by atoms with Gasteiger partial charge in [-0.3, -0.25) is 0 Å². The van der Waals surface area contributed by atoms with Gasteiger partial charge in [-0.15, -0.1) is 11.3 Å². The molecule has 0 N–H and O–H groups in total. The number of hydrogen-bond acceptors (Lipinski definition) is 2. The van der Waals surface area contributed by atoms with Crippen LogP contribution in [-0.2, 0) is 0 Å². The molecule has 3 heteroatoms. The Morgan fingerprint density at radius 2 is 1.50 bits per heavy atom. The third-order valence-corrected chi connectivity index (χ3v) is 6.33. The summed E-state index contributed by atoms with van der Waals surface area (Å²) < 4.78 is 1.34. The second-order valence-electron chi connectivity index (χ2n) is 6.78. The summed E-state index contributed by atoms with van der Waals surface area (Å²) >= 11 is 1.87. The smallest absolute Gasteiger partial charge is 0.151 e. The molecule has 4 aromatic rings. The van der Waals surface area contributed by atoms with Crippen LogP contribution in [-0.4, -0.2) is 7.28 Å². The quantitative estimate of drug-likeness (QED) is 0.337. The van der Waals surface area contributed by atoms with Gasteiger partial charge >= 0.3 is 0 Å². The molecule has 137 valence electrons. The van der Waals surface area contributed by atoms with Crippen LogP contribution < -0.4 is 10.4 Å². The van der Waals surface area contributed by atoms with Crippen molar-refractivity contribution in [2.24, 2.45) is 0 Å². The lowest BCUT2D eigenvalue weighted by Gasteiger charge is -2.26. The van der Waals surface area contributed by atoms with Gasteiger partial charge in [-0.1, -0.05) is 66.9 Å². The van der Waals surface area contributed by atoms with Crippen molar-refractivity contribution >= 4 is 45.5 Å². The van der Waals surface area contributed by atoms with Gasteiger partial charge in [-0.05, 0) is 55.1 Å². The number of fused-ring (bicyclic) bond motifs is 1. The lowest BCUT2D eigenvalue weighted by Crippen LogP contribution is -2.14. The van der Waals surface area contributed by atoms with Gasteiger partial charge in [0.05, 0.1) is 0 Å². The van der Waals surface area contributed by atoms with Gasteiger partial charge in [0.15, 0.2) is 7.28 Å². The van der Waals surface area contributed by atoms with Crippen LogP contribution in [0.1, 0.15) is 13.8 Å². The van der Waals surface area contributed by atoms with Gasteiger partial charge < -0.3 is 4.90 Å². The van der Waals surface area contributed by atoms with Gasteiger partial charge in [0.25, 0.3) is 0 Å². The van der Waals surface area contributed by atoms with E-state index in [1.165, 1.54) is 43.1 Å². The predicted molar refractivity (Wildman–Crippen MR) is 127 cm³/mol. The van der Waals surface area contributed by atoms with Gasteiger partial charge in [0.2, 0.25) is 0 Å². The first-order valence-electron chi connectivity index (χ1n) is 9.62. The van der Waals surface area contributed by atoms with E-state index in [1.807, 2.05) is 11.3 Å². The van der Waals surface area contributed by atoms with Crippen molar-refractivity contribution in [1.29, 1.82) is 0 Å². The van der Waals surface area contributed by atoms with Crippen molar-refractivity contribution in [2.45, 2.75) is 20.7 Å². The van der Waals surface area contributed by atoms with Crippen molar-refractivity contribution < 1.29 is 0 Å². The van der Waals surface area contributed by atoms with Crippen LogP contribution in [0.3, 0.4) is 0 Å². The van der Waals surface area contributed by atoms with Crippen LogP contribution in [0.25, 0.3) is 20.5 Å². The lowest BCUT2D eigenvalue weighted by atomic mass is 9.71. The molecular formula is C25H23BNS. The monoisotopic (exact) mass is 380 g/mol. The number of hydrogen-bond donors (Lipinski definition) is 0. The Morgan fingerprint density at radius 3 is 2.18 bits per heavy atom. The van der Waals surface area contributed by atoms with E-state index >= 15 is 0 Å². The largest absolute Gasteiger partial charge is 0.315 e. The summed E-state index contributed by atoms with van der Waals surface area (Å²) in [7, 11) is 2.22. The Morgan fingerprint density at radius 1 is 0.857 bits per heavy atom.